The Kier molecular flexibility index (Phi) is 5.81. The lowest BCUT2D eigenvalue weighted by molar-refractivity contribution is -0.127. The van der Waals surface area contributed by atoms with E-state index in [2.05, 4.69) is 5.32 Å². The number of benzene rings is 1. The number of amides is 1. The van der Waals surface area contributed by atoms with E-state index in [9.17, 15) is 13.2 Å². The van der Waals surface area contributed by atoms with Crippen molar-refractivity contribution in [3.63, 3.8) is 0 Å². The van der Waals surface area contributed by atoms with Gasteiger partial charge >= 0.3 is 0 Å². The number of nitrogens with zero attached hydrogens (tertiary/aromatic N) is 1. The van der Waals surface area contributed by atoms with Crippen LogP contribution in [0.1, 0.15) is 64.2 Å². The summed E-state index contributed by atoms with van der Waals surface area (Å²) >= 11 is 12.2. The van der Waals surface area contributed by atoms with Crippen molar-refractivity contribution in [2.45, 2.75) is 80.7 Å². The lowest BCUT2D eigenvalue weighted by Gasteiger charge is -2.57. The first-order valence-corrected chi connectivity index (χ1v) is 13.7. The standard InChI is InChI=1S/C23H30Cl2N2O3S/c24-18-4-5-21(20(25)10-18)31(29,30)27-6-2-1-3-19(27)11-22(28)26-23-12-15-7-16(13-23)9-17(8-15)14-23/h4-5,10,15-17,19H,1-3,6-9,11-14H2,(H,26,28). The molecule has 4 aliphatic carbocycles. The number of nitrogens with one attached hydrogen (secondary N) is 1. The smallest absolute Gasteiger partial charge is 0.244 e. The minimum atomic E-state index is -3.79. The van der Waals surface area contributed by atoms with Crippen LogP contribution < -0.4 is 5.32 Å². The quantitative estimate of drug-likeness (QED) is 0.638. The van der Waals surface area contributed by atoms with E-state index in [1.54, 1.807) is 6.07 Å². The van der Waals surface area contributed by atoms with Gasteiger partial charge in [-0.1, -0.05) is 29.6 Å². The van der Waals surface area contributed by atoms with Crippen LogP contribution in [-0.4, -0.2) is 36.8 Å². The fourth-order valence-corrected chi connectivity index (χ4v) is 9.57. The molecule has 1 aromatic rings. The fourth-order valence-electron chi connectivity index (χ4n) is 7.13. The number of halogens is 2. The first kappa shape index (κ1) is 22.0. The second kappa shape index (κ2) is 8.19. The average Bonchev–Trinajstić information content (AvgIpc) is 2.66. The highest BCUT2D eigenvalue weighted by atomic mass is 35.5. The molecule has 5 fully saturated rings. The Morgan fingerprint density at radius 2 is 1.71 bits per heavy atom. The predicted molar refractivity (Wildman–Crippen MR) is 122 cm³/mol. The number of carbonyl (C=O) groups excluding carboxylic acids is 1. The van der Waals surface area contributed by atoms with Crippen LogP contribution >= 0.6 is 23.2 Å². The summed E-state index contributed by atoms with van der Waals surface area (Å²) in [6.07, 6.45) is 9.88. The van der Waals surface area contributed by atoms with Crippen LogP contribution in [0, 0.1) is 17.8 Å². The molecule has 1 saturated heterocycles. The van der Waals surface area contributed by atoms with Crippen molar-refractivity contribution in [2.24, 2.45) is 17.8 Å². The number of carbonyl (C=O) groups is 1. The molecule has 0 aromatic heterocycles. The summed E-state index contributed by atoms with van der Waals surface area (Å²) in [4.78, 5) is 13.2. The van der Waals surface area contributed by atoms with Gasteiger partial charge in [-0.05, 0) is 87.3 Å². The molecule has 6 rings (SSSR count). The molecule has 1 atom stereocenters. The molecule has 4 bridgehead atoms. The van der Waals surface area contributed by atoms with Crippen molar-refractivity contribution in [1.29, 1.82) is 0 Å². The first-order chi connectivity index (χ1) is 14.7. The first-order valence-electron chi connectivity index (χ1n) is 11.5. The van der Waals surface area contributed by atoms with Gasteiger partial charge in [0.1, 0.15) is 4.90 Å². The zero-order chi connectivity index (χ0) is 21.8. The Labute approximate surface area is 194 Å². The highest BCUT2D eigenvalue weighted by Crippen LogP contribution is 2.55. The maximum atomic E-state index is 13.4. The molecule has 1 N–H and O–H groups in total. The van der Waals surface area contributed by atoms with Gasteiger partial charge in [-0.25, -0.2) is 8.42 Å². The van der Waals surface area contributed by atoms with Crippen molar-refractivity contribution >= 4 is 39.1 Å². The fraction of sp³-hybridized carbons (Fsp3) is 0.696. The van der Waals surface area contributed by atoms with Crippen molar-refractivity contribution in [2.75, 3.05) is 6.54 Å². The van der Waals surface area contributed by atoms with Gasteiger partial charge in [0.15, 0.2) is 0 Å². The molecule has 1 unspecified atom stereocenters. The normalized spacial score (nSPS) is 35.3. The van der Waals surface area contributed by atoms with Gasteiger partial charge in [-0.15, -0.1) is 0 Å². The van der Waals surface area contributed by atoms with E-state index in [1.807, 2.05) is 0 Å². The Morgan fingerprint density at radius 1 is 1.06 bits per heavy atom. The van der Waals surface area contributed by atoms with E-state index in [0.717, 1.165) is 49.9 Å². The largest absolute Gasteiger partial charge is 0.351 e. The zero-order valence-corrected chi connectivity index (χ0v) is 20.0. The Hall–Kier alpha value is -0.820. The summed E-state index contributed by atoms with van der Waals surface area (Å²) in [6.45, 7) is 0.413. The molecular weight excluding hydrogens is 455 g/mol. The van der Waals surface area contributed by atoms with Crippen molar-refractivity contribution in [3.8, 4) is 0 Å². The SMILES string of the molecule is O=C(CC1CCCCN1S(=O)(=O)c1ccc(Cl)cc1Cl)NC12CC3CC(CC(C3)C1)C2. The molecule has 8 heteroatoms. The van der Waals surface area contributed by atoms with Crippen molar-refractivity contribution < 1.29 is 13.2 Å². The van der Waals surface area contributed by atoms with E-state index in [0.29, 0.717) is 18.0 Å². The maximum Gasteiger partial charge on any atom is 0.244 e. The molecule has 1 amide bonds. The molecule has 0 radical (unpaired) electrons. The summed E-state index contributed by atoms with van der Waals surface area (Å²) in [6, 6.07) is 4.12. The molecule has 1 aliphatic heterocycles. The third-order valence-electron chi connectivity index (χ3n) is 7.92. The monoisotopic (exact) mass is 484 g/mol. The summed E-state index contributed by atoms with van der Waals surface area (Å²) in [5, 5.41) is 3.92. The van der Waals surface area contributed by atoms with Crippen LogP contribution in [0.3, 0.4) is 0 Å². The number of hydrogen-bond acceptors (Lipinski definition) is 3. The summed E-state index contributed by atoms with van der Waals surface area (Å²) in [7, 11) is -3.79. The molecule has 170 valence electrons. The molecule has 31 heavy (non-hydrogen) atoms. The highest BCUT2D eigenvalue weighted by Gasteiger charge is 2.51. The van der Waals surface area contributed by atoms with Gasteiger partial charge < -0.3 is 5.32 Å². The van der Waals surface area contributed by atoms with Gasteiger partial charge in [0.25, 0.3) is 0 Å². The number of hydrogen-bond donors (Lipinski definition) is 1. The lowest BCUT2D eigenvalue weighted by Crippen LogP contribution is -2.60. The van der Waals surface area contributed by atoms with E-state index >= 15 is 0 Å². The highest BCUT2D eigenvalue weighted by molar-refractivity contribution is 7.89. The second-order valence-electron chi connectivity index (χ2n) is 10.3. The van der Waals surface area contributed by atoms with Crippen molar-refractivity contribution in [1.82, 2.24) is 9.62 Å². The minimum Gasteiger partial charge on any atom is -0.351 e. The van der Waals surface area contributed by atoms with Gasteiger partial charge in [0.2, 0.25) is 15.9 Å². The molecule has 0 spiro atoms. The van der Waals surface area contributed by atoms with Crippen LogP contribution in [0.5, 0.6) is 0 Å². The van der Waals surface area contributed by atoms with E-state index in [4.69, 9.17) is 23.2 Å². The van der Waals surface area contributed by atoms with E-state index < -0.39 is 10.0 Å². The van der Waals surface area contributed by atoms with E-state index in [1.165, 1.54) is 35.7 Å². The topological polar surface area (TPSA) is 66.5 Å². The number of sulfonamides is 1. The second-order valence-corrected chi connectivity index (χ2v) is 13.0. The van der Waals surface area contributed by atoms with Gasteiger partial charge in [-0.3, -0.25) is 4.79 Å². The van der Waals surface area contributed by atoms with Crippen molar-refractivity contribution in [3.05, 3.63) is 28.2 Å². The molecule has 1 aromatic carbocycles. The van der Waals surface area contributed by atoms with E-state index in [-0.39, 0.29) is 33.8 Å². The number of rotatable bonds is 5. The van der Waals surface area contributed by atoms with Gasteiger partial charge in [-0.2, -0.15) is 4.31 Å². The predicted octanol–water partition coefficient (Wildman–Crippen LogP) is 5.01. The lowest BCUT2D eigenvalue weighted by atomic mass is 9.53. The third kappa shape index (κ3) is 4.25. The van der Waals surface area contributed by atoms with Crippen LogP contribution in [0.4, 0.5) is 0 Å². The molecular formula is C23H30Cl2N2O3S. The average molecular weight is 485 g/mol. The Bertz CT molecular complexity index is 946. The van der Waals surface area contributed by atoms with Crippen LogP contribution in [0.25, 0.3) is 0 Å². The van der Waals surface area contributed by atoms with Gasteiger partial charge in [0.05, 0.1) is 5.02 Å². The third-order valence-corrected chi connectivity index (χ3v) is 10.6. The maximum absolute atomic E-state index is 13.4. The van der Waals surface area contributed by atoms with Gasteiger partial charge in [0, 0.05) is 29.6 Å². The van der Waals surface area contributed by atoms with Crippen LogP contribution in [-0.2, 0) is 14.8 Å². The minimum absolute atomic E-state index is 0.00347. The summed E-state index contributed by atoms with van der Waals surface area (Å²) < 4.78 is 28.3. The number of piperidine rings is 1. The summed E-state index contributed by atoms with van der Waals surface area (Å²) in [5.74, 6) is 2.26. The molecule has 1 heterocycles. The Balaban J connectivity index is 1.31. The van der Waals surface area contributed by atoms with Crippen LogP contribution in [0.2, 0.25) is 10.0 Å². The van der Waals surface area contributed by atoms with Crippen LogP contribution in [0.15, 0.2) is 23.1 Å². The molecule has 5 aliphatic rings. The Morgan fingerprint density at radius 3 is 2.32 bits per heavy atom. The molecule has 5 nitrogen and oxygen atoms in total. The molecule has 4 saturated carbocycles. The zero-order valence-electron chi connectivity index (χ0n) is 17.7. The summed E-state index contributed by atoms with van der Waals surface area (Å²) in [5.41, 5.74) is -0.0519.